The summed E-state index contributed by atoms with van der Waals surface area (Å²) in [5, 5.41) is 12.0. The largest absolute Gasteiger partial charge is 0.324 e. The van der Waals surface area contributed by atoms with E-state index in [2.05, 4.69) is 15.5 Å². The summed E-state index contributed by atoms with van der Waals surface area (Å²) in [4.78, 5) is 11.8. The number of hydrogen-bond acceptors (Lipinski definition) is 5. The average molecular weight is 276 g/mol. The molecule has 1 atom stereocenters. The summed E-state index contributed by atoms with van der Waals surface area (Å²) in [7, 11) is 0. The predicted molar refractivity (Wildman–Crippen MR) is 75.9 cm³/mol. The minimum absolute atomic E-state index is 0.143. The van der Waals surface area contributed by atoms with Gasteiger partial charge in [-0.3, -0.25) is 4.79 Å². The van der Waals surface area contributed by atoms with Crippen LogP contribution in [0.15, 0.2) is 30.3 Å². The number of amides is 1. The fraction of sp³-hybridized carbons (Fsp3) is 0.308. The van der Waals surface area contributed by atoms with Gasteiger partial charge in [-0.1, -0.05) is 48.6 Å². The molecule has 0 aliphatic rings. The van der Waals surface area contributed by atoms with Gasteiger partial charge in [0, 0.05) is 12.5 Å². The monoisotopic (exact) mass is 276 g/mol. The first kappa shape index (κ1) is 13.6. The number of carbonyl (C=O) groups excluding carboxylic acids is 1. The van der Waals surface area contributed by atoms with Crippen molar-refractivity contribution in [1.82, 2.24) is 10.2 Å². The number of aryl methyl sites for hydroxylation is 1. The normalized spacial score (nSPS) is 12.1. The molecule has 0 saturated carbocycles. The van der Waals surface area contributed by atoms with E-state index in [0.717, 1.165) is 17.0 Å². The first-order chi connectivity index (χ1) is 9.19. The third-order valence-corrected chi connectivity index (χ3v) is 3.63. The van der Waals surface area contributed by atoms with Gasteiger partial charge < -0.3 is 11.1 Å². The van der Waals surface area contributed by atoms with Gasteiger partial charge in [0.15, 0.2) is 0 Å². The minimum Gasteiger partial charge on any atom is -0.324 e. The van der Waals surface area contributed by atoms with Gasteiger partial charge in [0.05, 0.1) is 0 Å². The van der Waals surface area contributed by atoms with Crippen molar-refractivity contribution in [1.29, 1.82) is 0 Å². The molecule has 19 heavy (non-hydrogen) atoms. The highest BCUT2D eigenvalue weighted by Crippen LogP contribution is 2.18. The van der Waals surface area contributed by atoms with Gasteiger partial charge in [-0.2, -0.15) is 0 Å². The molecule has 6 heteroatoms. The number of aromatic nitrogens is 2. The van der Waals surface area contributed by atoms with Crippen LogP contribution >= 0.6 is 11.3 Å². The Morgan fingerprint density at radius 1 is 1.37 bits per heavy atom. The van der Waals surface area contributed by atoms with Gasteiger partial charge in [-0.05, 0) is 12.0 Å². The molecule has 1 aromatic heterocycles. The number of rotatable bonds is 5. The fourth-order valence-corrected chi connectivity index (χ4v) is 2.33. The van der Waals surface area contributed by atoms with Crippen LogP contribution in [0.5, 0.6) is 0 Å². The second-order valence-electron chi connectivity index (χ2n) is 4.12. The van der Waals surface area contributed by atoms with Crippen LogP contribution in [-0.4, -0.2) is 16.1 Å². The van der Waals surface area contributed by atoms with Crippen LogP contribution in [0.4, 0.5) is 5.13 Å². The van der Waals surface area contributed by atoms with Crippen molar-refractivity contribution in [3.63, 3.8) is 0 Å². The standard InChI is InChI=1S/C13H16N4OS/c1-2-12-16-17-13(19-12)15-11(18)8-10(14)9-6-4-3-5-7-9/h3-7,10H,2,8,14H2,1H3,(H,15,17,18). The van der Waals surface area contributed by atoms with E-state index in [0.29, 0.717) is 5.13 Å². The molecule has 1 amide bonds. The molecular weight excluding hydrogens is 260 g/mol. The molecule has 0 aliphatic carbocycles. The summed E-state index contributed by atoms with van der Waals surface area (Å²) in [5.74, 6) is -0.143. The first-order valence-electron chi connectivity index (χ1n) is 6.11. The number of benzene rings is 1. The maximum Gasteiger partial charge on any atom is 0.228 e. The summed E-state index contributed by atoms with van der Waals surface area (Å²) in [6.45, 7) is 2.00. The lowest BCUT2D eigenvalue weighted by Crippen LogP contribution is -2.20. The van der Waals surface area contributed by atoms with E-state index in [4.69, 9.17) is 5.73 Å². The molecule has 3 N–H and O–H groups in total. The predicted octanol–water partition coefficient (Wildman–Crippen LogP) is 2.13. The maximum absolute atomic E-state index is 11.8. The molecule has 2 aromatic rings. The van der Waals surface area contributed by atoms with Crippen molar-refractivity contribution in [2.24, 2.45) is 5.73 Å². The van der Waals surface area contributed by atoms with Crippen molar-refractivity contribution in [2.45, 2.75) is 25.8 Å². The molecular formula is C13H16N4OS. The second kappa shape index (κ2) is 6.40. The lowest BCUT2D eigenvalue weighted by Gasteiger charge is -2.10. The second-order valence-corrected chi connectivity index (χ2v) is 5.19. The molecule has 1 aromatic carbocycles. The van der Waals surface area contributed by atoms with E-state index in [-0.39, 0.29) is 18.4 Å². The van der Waals surface area contributed by atoms with Crippen molar-refractivity contribution < 1.29 is 4.79 Å². The zero-order chi connectivity index (χ0) is 13.7. The first-order valence-corrected chi connectivity index (χ1v) is 6.93. The van der Waals surface area contributed by atoms with Crippen LogP contribution in [0.2, 0.25) is 0 Å². The number of nitrogens with one attached hydrogen (secondary N) is 1. The quantitative estimate of drug-likeness (QED) is 0.876. The third kappa shape index (κ3) is 3.84. The Morgan fingerprint density at radius 2 is 2.11 bits per heavy atom. The minimum atomic E-state index is -0.306. The van der Waals surface area contributed by atoms with Gasteiger partial charge in [0.25, 0.3) is 0 Å². The van der Waals surface area contributed by atoms with Gasteiger partial charge in [0.1, 0.15) is 5.01 Å². The van der Waals surface area contributed by atoms with Crippen molar-refractivity contribution in [2.75, 3.05) is 5.32 Å². The summed E-state index contributed by atoms with van der Waals surface area (Å²) >= 11 is 1.39. The Kier molecular flexibility index (Phi) is 4.59. The SMILES string of the molecule is CCc1nnc(NC(=O)CC(N)c2ccccc2)s1. The van der Waals surface area contributed by atoms with E-state index in [1.807, 2.05) is 37.3 Å². The van der Waals surface area contributed by atoms with E-state index in [9.17, 15) is 4.79 Å². The van der Waals surface area contributed by atoms with Crippen LogP contribution in [0.3, 0.4) is 0 Å². The summed E-state index contributed by atoms with van der Waals surface area (Å²) in [5.41, 5.74) is 6.94. The van der Waals surface area contributed by atoms with Crippen molar-refractivity contribution >= 4 is 22.4 Å². The number of hydrogen-bond donors (Lipinski definition) is 2. The van der Waals surface area contributed by atoms with E-state index < -0.39 is 0 Å². The lowest BCUT2D eigenvalue weighted by molar-refractivity contribution is -0.116. The van der Waals surface area contributed by atoms with Gasteiger partial charge >= 0.3 is 0 Å². The number of nitrogens with two attached hydrogens (primary N) is 1. The fourth-order valence-electron chi connectivity index (χ4n) is 1.64. The topological polar surface area (TPSA) is 80.9 Å². The molecule has 0 saturated heterocycles. The zero-order valence-corrected chi connectivity index (χ0v) is 11.5. The molecule has 0 spiro atoms. The van der Waals surface area contributed by atoms with E-state index in [1.54, 1.807) is 0 Å². The van der Waals surface area contributed by atoms with Crippen LogP contribution < -0.4 is 11.1 Å². The zero-order valence-electron chi connectivity index (χ0n) is 10.7. The summed E-state index contributed by atoms with van der Waals surface area (Å²) in [6, 6.07) is 9.26. The Labute approximate surface area is 115 Å². The lowest BCUT2D eigenvalue weighted by atomic mass is 10.0. The molecule has 100 valence electrons. The Hall–Kier alpha value is -1.79. The number of nitrogens with zero attached hydrogens (tertiary/aromatic N) is 2. The van der Waals surface area contributed by atoms with Crippen LogP contribution in [0.1, 0.15) is 30.0 Å². The Morgan fingerprint density at radius 3 is 2.74 bits per heavy atom. The van der Waals surface area contributed by atoms with Gasteiger partial charge in [-0.25, -0.2) is 0 Å². The Bertz CT molecular complexity index is 541. The van der Waals surface area contributed by atoms with Crippen LogP contribution in [0.25, 0.3) is 0 Å². The highest BCUT2D eigenvalue weighted by Gasteiger charge is 2.13. The Balaban J connectivity index is 1.91. The molecule has 1 heterocycles. The average Bonchev–Trinajstić information content (AvgIpc) is 2.87. The number of carbonyl (C=O) groups is 1. The smallest absolute Gasteiger partial charge is 0.228 e. The molecule has 0 fully saturated rings. The maximum atomic E-state index is 11.8. The number of anilines is 1. The summed E-state index contributed by atoms with van der Waals surface area (Å²) < 4.78 is 0. The highest BCUT2D eigenvalue weighted by atomic mass is 32.1. The van der Waals surface area contributed by atoms with Gasteiger partial charge in [0.2, 0.25) is 11.0 Å². The van der Waals surface area contributed by atoms with Gasteiger partial charge in [-0.15, -0.1) is 10.2 Å². The molecule has 5 nitrogen and oxygen atoms in total. The molecule has 0 bridgehead atoms. The van der Waals surface area contributed by atoms with Crippen molar-refractivity contribution in [3.05, 3.63) is 40.9 Å². The summed E-state index contributed by atoms with van der Waals surface area (Å²) in [6.07, 6.45) is 1.04. The third-order valence-electron chi connectivity index (χ3n) is 2.65. The highest BCUT2D eigenvalue weighted by molar-refractivity contribution is 7.15. The molecule has 0 aliphatic heterocycles. The van der Waals surface area contributed by atoms with Crippen LogP contribution in [0, 0.1) is 0 Å². The van der Waals surface area contributed by atoms with Crippen LogP contribution in [-0.2, 0) is 11.2 Å². The van der Waals surface area contributed by atoms with E-state index >= 15 is 0 Å². The molecule has 2 rings (SSSR count). The molecule has 0 radical (unpaired) electrons. The van der Waals surface area contributed by atoms with E-state index in [1.165, 1.54) is 11.3 Å². The van der Waals surface area contributed by atoms with Crippen molar-refractivity contribution in [3.8, 4) is 0 Å². The molecule has 1 unspecified atom stereocenters.